The Bertz CT molecular complexity index is 453. The van der Waals surface area contributed by atoms with Gasteiger partial charge in [-0.1, -0.05) is 23.2 Å². The number of halogens is 2. The lowest BCUT2D eigenvalue weighted by molar-refractivity contribution is 0.100. The maximum Gasteiger partial charge on any atom is 0.121 e. The number of hydrogen-bond donors (Lipinski definition) is 2. The van der Waals surface area contributed by atoms with Gasteiger partial charge in [0.2, 0.25) is 0 Å². The number of nitrogens with one attached hydrogen (secondary N) is 1. The normalized spacial score (nSPS) is 21.2. The quantitative estimate of drug-likeness (QED) is 0.805. The highest BCUT2D eigenvalue weighted by Crippen LogP contribution is 2.26. The van der Waals surface area contributed by atoms with E-state index >= 15 is 0 Å². The summed E-state index contributed by atoms with van der Waals surface area (Å²) in [5.74, 6) is 1.12. The Labute approximate surface area is 135 Å². The molecule has 2 N–H and O–H groups in total. The number of aliphatic hydroxyl groups is 1. The lowest BCUT2D eigenvalue weighted by Crippen LogP contribution is -2.40. The molecule has 0 saturated carbocycles. The largest absolute Gasteiger partial charge is 0.491 e. The second kappa shape index (κ2) is 8.20. The number of rotatable bonds is 7. The van der Waals surface area contributed by atoms with Gasteiger partial charge in [-0.3, -0.25) is 0 Å². The van der Waals surface area contributed by atoms with E-state index in [9.17, 15) is 5.11 Å². The number of aliphatic hydroxyl groups excluding tert-OH is 1. The van der Waals surface area contributed by atoms with Crippen molar-refractivity contribution < 1.29 is 14.6 Å². The summed E-state index contributed by atoms with van der Waals surface area (Å²) < 4.78 is 10.9. The van der Waals surface area contributed by atoms with E-state index in [0.717, 1.165) is 19.6 Å². The first kappa shape index (κ1) is 16.8. The molecule has 1 aliphatic heterocycles. The predicted molar refractivity (Wildman–Crippen MR) is 84.4 cm³/mol. The van der Waals surface area contributed by atoms with Gasteiger partial charge in [-0.25, -0.2) is 0 Å². The van der Waals surface area contributed by atoms with Crippen molar-refractivity contribution >= 4 is 23.2 Å². The molecule has 2 rings (SSSR count). The highest BCUT2D eigenvalue weighted by molar-refractivity contribution is 6.42. The van der Waals surface area contributed by atoms with Crippen molar-refractivity contribution in [3.05, 3.63) is 28.2 Å². The molecule has 4 nitrogen and oxygen atoms in total. The first-order valence-electron chi connectivity index (χ1n) is 7.13. The van der Waals surface area contributed by atoms with Crippen molar-refractivity contribution in [3.8, 4) is 5.75 Å². The van der Waals surface area contributed by atoms with Crippen LogP contribution in [-0.2, 0) is 4.74 Å². The van der Waals surface area contributed by atoms with Crippen LogP contribution in [0.1, 0.15) is 13.3 Å². The molecular weight excluding hydrogens is 313 g/mol. The highest BCUT2D eigenvalue weighted by Gasteiger charge is 2.22. The van der Waals surface area contributed by atoms with E-state index in [0.29, 0.717) is 34.3 Å². The van der Waals surface area contributed by atoms with Gasteiger partial charge in [0.05, 0.1) is 16.7 Å². The van der Waals surface area contributed by atoms with Crippen LogP contribution in [0.25, 0.3) is 0 Å². The van der Waals surface area contributed by atoms with Crippen molar-refractivity contribution in [2.24, 2.45) is 5.92 Å². The summed E-state index contributed by atoms with van der Waals surface area (Å²) in [7, 11) is 0. The lowest BCUT2D eigenvalue weighted by Gasteiger charge is -2.21. The zero-order valence-corrected chi connectivity index (χ0v) is 13.5. The first-order chi connectivity index (χ1) is 10.1. The smallest absolute Gasteiger partial charge is 0.121 e. The van der Waals surface area contributed by atoms with Crippen LogP contribution in [-0.4, -0.2) is 43.6 Å². The van der Waals surface area contributed by atoms with E-state index in [2.05, 4.69) is 12.2 Å². The Hall–Kier alpha value is -0.520. The van der Waals surface area contributed by atoms with Crippen molar-refractivity contribution in [2.45, 2.75) is 25.5 Å². The van der Waals surface area contributed by atoms with Gasteiger partial charge in [0.25, 0.3) is 0 Å². The average molecular weight is 334 g/mol. The van der Waals surface area contributed by atoms with Crippen LogP contribution in [0, 0.1) is 5.92 Å². The summed E-state index contributed by atoms with van der Waals surface area (Å²) in [6.07, 6.45) is 0.494. The summed E-state index contributed by atoms with van der Waals surface area (Å²) in [4.78, 5) is 0. The standard InChI is InChI=1S/C15H21Cl2NO3/c1-10(11-4-5-20-8-11)18-7-12(19)9-21-13-2-3-14(16)15(17)6-13/h2-3,6,10-12,18-19H,4-5,7-9H2,1H3. The van der Waals surface area contributed by atoms with Crippen LogP contribution >= 0.6 is 23.2 Å². The molecule has 1 aromatic rings. The predicted octanol–water partition coefficient (Wildman–Crippen LogP) is 2.75. The Balaban J connectivity index is 1.69. The molecule has 1 aliphatic rings. The Morgan fingerprint density at radius 2 is 2.24 bits per heavy atom. The number of hydrogen-bond acceptors (Lipinski definition) is 4. The van der Waals surface area contributed by atoms with Gasteiger partial charge >= 0.3 is 0 Å². The number of ether oxygens (including phenoxy) is 2. The topological polar surface area (TPSA) is 50.7 Å². The molecule has 0 bridgehead atoms. The van der Waals surface area contributed by atoms with Gasteiger partial charge in [-0.15, -0.1) is 0 Å². The van der Waals surface area contributed by atoms with E-state index in [4.69, 9.17) is 32.7 Å². The SMILES string of the molecule is CC(NCC(O)COc1ccc(Cl)c(Cl)c1)C1CCOC1. The molecule has 0 spiro atoms. The van der Waals surface area contributed by atoms with Gasteiger partial charge in [0.15, 0.2) is 0 Å². The molecule has 0 radical (unpaired) electrons. The average Bonchev–Trinajstić information content (AvgIpc) is 3.00. The molecule has 0 amide bonds. The molecule has 1 aromatic carbocycles. The van der Waals surface area contributed by atoms with Crippen LogP contribution in [0.15, 0.2) is 18.2 Å². The first-order valence-corrected chi connectivity index (χ1v) is 7.89. The minimum atomic E-state index is -0.579. The summed E-state index contributed by atoms with van der Waals surface area (Å²) in [6.45, 7) is 4.44. The summed E-state index contributed by atoms with van der Waals surface area (Å²) >= 11 is 11.7. The summed E-state index contributed by atoms with van der Waals surface area (Å²) in [5, 5.41) is 14.2. The molecular formula is C15H21Cl2NO3. The third-order valence-electron chi connectivity index (χ3n) is 3.68. The van der Waals surface area contributed by atoms with Crippen LogP contribution in [0.3, 0.4) is 0 Å². The van der Waals surface area contributed by atoms with Crippen molar-refractivity contribution in [1.29, 1.82) is 0 Å². The van der Waals surface area contributed by atoms with Crippen molar-refractivity contribution in [2.75, 3.05) is 26.4 Å². The minimum Gasteiger partial charge on any atom is -0.491 e. The van der Waals surface area contributed by atoms with E-state index < -0.39 is 6.10 Å². The van der Waals surface area contributed by atoms with E-state index in [1.165, 1.54) is 0 Å². The molecule has 21 heavy (non-hydrogen) atoms. The van der Waals surface area contributed by atoms with Gasteiger partial charge in [-0.2, -0.15) is 0 Å². The Morgan fingerprint density at radius 1 is 1.43 bits per heavy atom. The molecule has 1 fully saturated rings. The van der Waals surface area contributed by atoms with Crippen LogP contribution in [0.2, 0.25) is 10.0 Å². The molecule has 118 valence electrons. The third-order valence-corrected chi connectivity index (χ3v) is 4.42. The zero-order chi connectivity index (χ0) is 15.2. The Morgan fingerprint density at radius 3 is 2.90 bits per heavy atom. The van der Waals surface area contributed by atoms with Crippen LogP contribution in [0.5, 0.6) is 5.75 Å². The molecule has 1 heterocycles. The van der Waals surface area contributed by atoms with E-state index in [1.54, 1.807) is 18.2 Å². The van der Waals surface area contributed by atoms with E-state index in [-0.39, 0.29) is 6.61 Å². The van der Waals surface area contributed by atoms with Crippen LogP contribution < -0.4 is 10.1 Å². The molecule has 0 aliphatic carbocycles. The van der Waals surface area contributed by atoms with Gasteiger partial charge in [0.1, 0.15) is 18.5 Å². The maximum atomic E-state index is 9.95. The second-order valence-corrected chi connectivity index (χ2v) is 6.18. The highest BCUT2D eigenvalue weighted by atomic mass is 35.5. The molecule has 0 aromatic heterocycles. The fourth-order valence-corrected chi connectivity index (χ4v) is 2.54. The van der Waals surface area contributed by atoms with Crippen LogP contribution in [0.4, 0.5) is 0 Å². The second-order valence-electron chi connectivity index (χ2n) is 5.36. The molecule has 3 atom stereocenters. The summed E-state index contributed by atoms with van der Waals surface area (Å²) in [5.41, 5.74) is 0. The fraction of sp³-hybridized carbons (Fsp3) is 0.600. The third kappa shape index (κ3) is 5.31. The molecule has 3 unspecified atom stereocenters. The number of benzene rings is 1. The van der Waals surface area contributed by atoms with Gasteiger partial charge < -0.3 is 19.9 Å². The Kier molecular flexibility index (Phi) is 6.58. The van der Waals surface area contributed by atoms with Crippen molar-refractivity contribution in [1.82, 2.24) is 5.32 Å². The van der Waals surface area contributed by atoms with E-state index in [1.807, 2.05) is 0 Å². The van der Waals surface area contributed by atoms with Gasteiger partial charge in [-0.05, 0) is 31.4 Å². The van der Waals surface area contributed by atoms with Crippen molar-refractivity contribution in [3.63, 3.8) is 0 Å². The molecule has 1 saturated heterocycles. The zero-order valence-electron chi connectivity index (χ0n) is 12.0. The summed E-state index contributed by atoms with van der Waals surface area (Å²) in [6, 6.07) is 5.37. The monoisotopic (exact) mass is 333 g/mol. The minimum absolute atomic E-state index is 0.207. The molecule has 6 heteroatoms. The fourth-order valence-electron chi connectivity index (χ4n) is 2.25. The lowest BCUT2D eigenvalue weighted by atomic mass is 10.0. The maximum absolute atomic E-state index is 9.95. The van der Waals surface area contributed by atoms with Gasteiger partial charge in [0, 0.05) is 25.3 Å².